The number of benzene rings is 3. The highest BCUT2D eigenvalue weighted by molar-refractivity contribution is 6.03. The van der Waals surface area contributed by atoms with Crippen molar-refractivity contribution in [1.29, 1.82) is 0 Å². The highest BCUT2D eigenvalue weighted by Gasteiger charge is 2.29. The van der Waals surface area contributed by atoms with Crippen molar-refractivity contribution in [3.8, 4) is 11.1 Å². The number of fused-ring (bicyclic) bond motifs is 5. The number of nitro benzene ring substituents is 1. The molecule has 2 unspecified atom stereocenters. The maximum atomic E-state index is 11.2. The first-order chi connectivity index (χ1) is 13.2. The van der Waals surface area contributed by atoms with E-state index in [0.29, 0.717) is 11.8 Å². The van der Waals surface area contributed by atoms with Crippen molar-refractivity contribution in [2.75, 3.05) is 0 Å². The van der Waals surface area contributed by atoms with Gasteiger partial charge in [0.05, 0.1) is 4.92 Å². The van der Waals surface area contributed by atoms with Crippen molar-refractivity contribution in [3.05, 3.63) is 81.9 Å². The molecule has 3 heteroatoms. The molecule has 1 fully saturated rings. The van der Waals surface area contributed by atoms with Crippen molar-refractivity contribution >= 4 is 22.5 Å². The smallest absolute Gasteiger partial charge is 0.258 e. The summed E-state index contributed by atoms with van der Waals surface area (Å²) in [6, 6.07) is 17.8. The van der Waals surface area contributed by atoms with Crippen molar-refractivity contribution in [1.82, 2.24) is 0 Å². The predicted octanol–water partition coefficient (Wildman–Crippen LogP) is 6.72. The van der Waals surface area contributed by atoms with Crippen LogP contribution in [-0.2, 0) is 0 Å². The molecule has 0 N–H and O–H groups in total. The summed E-state index contributed by atoms with van der Waals surface area (Å²) in [5.74, 6) is 1.27. The van der Waals surface area contributed by atoms with E-state index >= 15 is 0 Å². The first-order valence-corrected chi connectivity index (χ1v) is 9.71. The molecular weight excluding hydrogens is 334 g/mol. The number of hydrogen-bond donors (Lipinski definition) is 0. The van der Waals surface area contributed by atoms with Gasteiger partial charge in [0.2, 0.25) is 0 Å². The molecule has 0 amide bonds. The van der Waals surface area contributed by atoms with Gasteiger partial charge in [-0.25, -0.2) is 0 Å². The van der Waals surface area contributed by atoms with Gasteiger partial charge in [0.25, 0.3) is 5.69 Å². The Morgan fingerprint density at radius 1 is 0.963 bits per heavy atom. The molecule has 5 rings (SSSR count). The third-order valence-electron chi connectivity index (χ3n) is 6.22. The standard InChI is InChI=1S/C24H21NO2/c26-25(27)19-8-3-7-18(15-19)21-10-4-6-17-12-13-22-20-9-2-1-5-16(20)11-14-23(22)24(17)21/h3-4,6-8,10-16,20H,1-2,5,9H2. The van der Waals surface area contributed by atoms with Crippen LogP contribution in [0, 0.1) is 16.0 Å². The summed E-state index contributed by atoms with van der Waals surface area (Å²) < 4.78 is 0. The molecular formula is C24H21NO2. The van der Waals surface area contributed by atoms with E-state index in [0.717, 1.165) is 11.1 Å². The SMILES string of the molecule is O=[N+]([O-])c1cccc(-c2cccc3ccc4c(c23)C=CC2CCCCC42)c1. The van der Waals surface area contributed by atoms with Crippen LogP contribution in [0.4, 0.5) is 5.69 Å². The molecule has 0 aromatic heterocycles. The number of rotatable bonds is 2. The van der Waals surface area contributed by atoms with E-state index in [-0.39, 0.29) is 10.6 Å². The fraction of sp³-hybridized carbons (Fsp3) is 0.250. The summed E-state index contributed by atoms with van der Waals surface area (Å²) in [6.45, 7) is 0. The van der Waals surface area contributed by atoms with E-state index in [1.807, 2.05) is 12.1 Å². The molecule has 3 aromatic carbocycles. The average molecular weight is 355 g/mol. The average Bonchev–Trinajstić information content (AvgIpc) is 2.72. The lowest BCUT2D eigenvalue weighted by atomic mass is 9.70. The molecule has 2 aliphatic rings. The Morgan fingerprint density at radius 2 is 1.81 bits per heavy atom. The number of hydrogen-bond acceptors (Lipinski definition) is 2. The van der Waals surface area contributed by atoms with Gasteiger partial charge in [0.15, 0.2) is 0 Å². The Bertz CT molecular complexity index is 1080. The fourth-order valence-corrected chi connectivity index (χ4v) is 4.95. The van der Waals surface area contributed by atoms with Gasteiger partial charge in [-0.1, -0.05) is 67.5 Å². The molecule has 134 valence electrons. The topological polar surface area (TPSA) is 43.1 Å². The molecule has 3 aromatic rings. The normalized spacial score (nSPS) is 20.9. The third-order valence-corrected chi connectivity index (χ3v) is 6.22. The molecule has 27 heavy (non-hydrogen) atoms. The van der Waals surface area contributed by atoms with Crippen LogP contribution in [-0.4, -0.2) is 4.92 Å². The van der Waals surface area contributed by atoms with Gasteiger partial charge in [0.1, 0.15) is 0 Å². The molecule has 2 aliphatic carbocycles. The molecule has 2 atom stereocenters. The van der Waals surface area contributed by atoms with E-state index in [4.69, 9.17) is 0 Å². The quantitative estimate of drug-likeness (QED) is 0.378. The zero-order valence-electron chi connectivity index (χ0n) is 15.1. The Kier molecular flexibility index (Phi) is 3.82. The Balaban J connectivity index is 1.75. The van der Waals surface area contributed by atoms with E-state index in [1.54, 1.807) is 18.2 Å². The largest absolute Gasteiger partial charge is 0.270 e. The summed E-state index contributed by atoms with van der Waals surface area (Å²) in [4.78, 5) is 10.9. The zero-order valence-corrected chi connectivity index (χ0v) is 15.1. The van der Waals surface area contributed by atoms with Gasteiger partial charge in [-0.2, -0.15) is 0 Å². The highest BCUT2D eigenvalue weighted by Crippen LogP contribution is 2.46. The minimum absolute atomic E-state index is 0.136. The van der Waals surface area contributed by atoms with Gasteiger partial charge in [-0.15, -0.1) is 0 Å². The zero-order chi connectivity index (χ0) is 18.4. The van der Waals surface area contributed by atoms with Gasteiger partial charge in [0, 0.05) is 12.1 Å². The van der Waals surface area contributed by atoms with Crippen LogP contribution in [0.15, 0.2) is 60.7 Å². The summed E-state index contributed by atoms with van der Waals surface area (Å²) in [7, 11) is 0. The molecule has 1 saturated carbocycles. The lowest BCUT2D eigenvalue weighted by Gasteiger charge is -2.34. The second-order valence-corrected chi connectivity index (χ2v) is 7.69. The number of nitro groups is 1. The third kappa shape index (κ3) is 2.66. The number of non-ortho nitro benzene ring substituents is 1. The van der Waals surface area contributed by atoms with Gasteiger partial charge >= 0.3 is 0 Å². The first-order valence-electron chi connectivity index (χ1n) is 9.71. The van der Waals surface area contributed by atoms with E-state index in [2.05, 4.69) is 36.4 Å². The molecule has 0 radical (unpaired) electrons. The molecule has 0 spiro atoms. The van der Waals surface area contributed by atoms with Crippen LogP contribution in [0.5, 0.6) is 0 Å². The summed E-state index contributed by atoms with van der Waals surface area (Å²) in [5, 5.41) is 13.6. The van der Waals surface area contributed by atoms with Crippen molar-refractivity contribution in [2.24, 2.45) is 5.92 Å². The van der Waals surface area contributed by atoms with Gasteiger partial charge in [-0.05, 0) is 57.7 Å². The Morgan fingerprint density at radius 3 is 2.70 bits per heavy atom. The summed E-state index contributed by atoms with van der Waals surface area (Å²) in [6.07, 6.45) is 9.87. The minimum Gasteiger partial charge on any atom is -0.258 e. The molecule has 0 saturated heterocycles. The maximum Gasteiger partial charge on any atom is 0.270 e. The maximum absolute atomic E-state index is 11.2. The molecule has 0 bridgehead atoms. The summed E-state index contributed by atoms with van der Waals surface area (Å²) >= 11 is 0. The highest BCUT2D eigenvalue weighted by atomic mass is 16.6. The first kappa shape index (κ1) is 16.2. The monoisotopic (exact) mass is 355 g/mol. The van der Waals surface area contributed by atoms with Crippen molar-refractivity contribution in [2.45, 2.75) is 31.6 Å². The second kappa shape index (κ2) is 6.34. The Hall–Kier alpha value is -2.94. The van der Waals surface area contributed by atoms with Gasteiger partial charge in [-0.3, -0.25) is 10.1 Å². The predicted molar refractivity (Wildman–Crippen MR) is 110 cm³/mol. The number of nitrogens with zero attached hydrogens (tertiary/aromatic N) is 1. The van der Waals surface area contributed by atoms with Crippen molar-refractivity contribution in [3.63, 3.8) is 0 Å². The molecule has 0 heterocycles. The van der Waals surface area contributed by atoms with E-state index < -0.39 is 0 Å². The lowest BCUT2D eigenvalue weighted by molar-refractivity contribution is -0.384. The summed E-state index contributed by atoms with van der Waals surface area (Å²) in [5.41, 5.74) is 4.87. The van der Waals surface area contributed by atoms with Crippen LogP contribution in [0.25, 0.3) is 28.0 Å². The van der Waals surface area contributed by atoms with Crippen LogP contribution in [0.1, 0.15) is 42.7 Å². The fourth-order valence-electron chi connectivity index (χ4n) is 4.95. The van der Waals surface area contributed by atoms with Crippen LogP contribution in [0.2, 0.25) is 0 Å². The molecule has 3 nitrogen and oxygen atoms in total. The van der Waals surface area contributed by atoms with Gasteiger partial charge < -0.3 is 0 Å². The lowest BCUT2D eigenvalue weighted by Crippen LogP contribution is -2.19. The molecule has 0 aliphatic heterocycles. The van der Waals surface area contributed by atoms with E-state index in [1.165, 1.54) is 47.6 Å². The Labute approximate surface area is 158 Å². The second-order valence-electron chi connectivity index (χ2n) is 7.69. The van der Waals surface area contributed by atoms with Crippen LogP contribution >= 0.6 is 0 Å². The van der Waals surface area contributed by atoms with E-state index in [9.17, 15) is 10.1 Å². The van der Waals surface area contributed by atoms with Crippen molar-refractivity contribution < 1.29 is 4.92 Å². The minimum atomic E-state index is -0.323. The van der Waals surface area contributed by atoms with Crippen LogP contribution in [0.3, 0.4) is 0 Å². The number of allylic oxidation sites excluding steroid dienone is 1. The van der Waals surface area contributed by atoms with Crippen LogP contribution < -0.4 is 0 Å².